The van der Waals surface area contributed by atoms with Crippen molar-refractivity contribution in [3.8, 4) is 5.75 Å². The maximum atomic E-state index is 9.46. The summed E-state index contributed by atoms with van der Waals surface area (Å²) in [5.74, 6) is 0.993. The Kier molecular flexibility index (Phi) is 3.23. The van der Waals surface area contributed by atoms with E-state index < -0.39 is 6.10 Å². The monoisotopic (exact) mass is 207 g/mol. The summed E-state index contributed by atoms with van der Waals surface area (Å²) in [6.45, 7) is 1.13. The third-order valence-corrected chi connectivity index (χ3v) is 2.72. The number of nitrogens with two attached hydrogens (primary N) is 1. The molecule has 3 heteroatoms. The van der Waals surface area contributed by atoms with Crippen molar-refractivity contribution in [1.82, 2.24) is 0 Å². The summed E-state index contributed by atoms with van der Waals surface area (Å²) in [7, 11) is 0. The highest BCUT2D eigenvalue weighted by Crippen LogP contribution is 2.25. The lowest BCUT2D eigenvalue weighted by Gasteiger charge is -2.18. The highest BCUT2D eigenvalue weighted by molar-refractivity contribution is 5.38. The first-order valence-electron chi connectivity index (χ1n) is 5.42. The fraction of sp³-hybridized carbons (Fsp3) is 0.500. The Morgan fingerprint density at radius 1 is 1.47 bits per heavy atom. The van der Waals surface area contributed by atoms with E-state index in [0.29, 0.717) is 13.0 Å². The molecule has 1 aliphatic heterocycles. The fourth-order valence-electron chi connectivity index (χ4n) is 1.90. The van der Waals surface area contributed by atoms with Gasteiger partial charge in [0.2, 0.25) is 0 Å². The predicted molar refractivity (Wildman–Crippen MR) is 59.0 cm³/mol. The molecular weight excluding hydrogens is 190 g/mol. The molecular formula is C12H17NO2. The molecule has 0 bridgehead atoms. The number of hydrogen-bond donors (Lipinski definition) is 2. The molecule has 1 aliphatic rings. The van der Waals surface area contributed by atoms with E-state index in [1.807, 2.05) is 12.1 Å². The van der Waals surface area contributed by atoms with Crippen LogP contribution < -0.4 is 10.5 Å². The summed E-state index contributed by atoms with van der Waals surface area (Å²) < 4.78 is 5.52. The summed E-state index contributed by atoms with van der Waals surface area (Å²) in [4.78, 5) is 0. The van der Waals surface area contributed by atoms with Crippen LogP contribution in [-0.2, 0) is 12.8 Å². The number of hydrogen-bond acceptors (Lipinski definition) is 3. The van der Waals surface area contributed by atoms with E-state index >= 15 is 0 Å². The molecule has 3 N–H and O–H groups in total. The summed E-state index contributed by atoms with van der Waals surface area (Å²) in [6, 6.07) is 6.11. The molecule has 0 aromatic heterocycles. The molecule has 15 heavy (non-hydrogen) atoms. The molecule has 82 valence electrons. The molecule has 1 atom stereocenters. The maximum Gasteiger partial charge on any atom is 0.122 e. The zero-order valence-electron chi connectivity index (χ0n) is 8.78. The first-order valence-corrected chi connectivity index (χ1v) is 5.42. The van der Waals surface area contributed by atoms with Crippen LogP contribution in [0.5, 0.6) is 5.75 Å². The molecule has 0 saturated heterocycles. The van der Waals surface area contributed by atoms with E-state index in [9.17, 15) is 5.11 Å². The number of ether oxygens (including phenoxy) is 1. The van der Waals surface area contributed by atoms with Crippen LogP contribution in [0.15, 0.2) is 18.2 Å². The average Bonchev–Trinajstić information content (AvgIpc) is 2.29. The fourth-order valence-corrected chi connectivity index (χ4v) is 1.90. The molecule has 0 aliphatic carbocycles. The van der Waals surface area contributed by atoms with Crippen molar-refractivity contribution < 1.29 is 9.84 Å². The Labute approximate surface area is 89.9 Å². The smallest absolute Gasteiger partial charge is 0.122 e. The lowest BCUT2D eigenvalue weighted by molar-refractivity contribution is 0.183. The number of aliphatic hydroxyl groups is 1. The van der Waals surface area contributed by atoms with Gasteiger partial charge in [0, 0.05) is 6.54 Å². The van der Waals surface area contributed by atoms with Crippen molar-refractivity contribution in [1.29, 1.82) is 0 Å². The molecule has 1 aromatic rings. The average molecular weight is 207 g/mol. The zero-order chi connectivity index (χ0) is 10.7. The zero-order valence-corrected chi connectivity index (χ0v) is 8.78. The van der Waals surface area contributed by atoms with Crippen molar-refractivity contribution >= 4 is 0 Å². The second-order valence-corrected chi connectivity index (χ2v) is 3.99. The Balaban J connectivity index is 2.13. The lowest BCUT2D eigenvalue weighted by atomic mass is 10.0. The normalized spacial score (nSPS) is 16.7. The van der Waals surface area contributed by atoms with Crippen LogP contribution in [-0.4, -0.2) is 24.4 Å². The SMILES string of the molecule is NCC(O)Cc1ccc2c(c1)CCCO2. The van der Waals surface area contributed by atoms with E-state index in [1.165, 1.54) is 5.56 Å². The van der Waals surface area contributed by atoms with Gasteiger partial charge in [0.15, 0.2) is 0 Å². The topological polar surface area (TPSA) is 55.5 Å². The van der Waals surface area contributed by atoms with Crippen LogP contribution in [0.25, 0.3) is 0 Å². The van der Waals surface area contributed by atoms with Gasteiger partial charge in [-0.1, -0.05) is 12.1 Å². The van der Waals surface area contributed by atoms with E-state index in [0.717, 1.165) is 30.8 Å². The molecule has 0 saturated carbocycles. The minimum absolute atomic E-state index is 0.313. The molecule has 0 amide bonds. The largest absolute Gasteiger partial charge is 0.493 e. The van der Waals surface area contributed by atoms with Gasteiger partial charge in [0.05, 0.1) is 12.7 Å². The van der Waals surface area contributed by atoms with Gasteiger partial charge in [0.25, 0.3) is 0 Å². The molecule has 1 aromatic carbocycles. The summed E-state index contributed by atoms with van der Waals surface area (Å²) in [5, 5.41) is 9.46. The highest BCUT2D eigenvalue weighted by atomic mass is 16.5. The lowest BCUT2D eigenvalue weighted by Crippen LogP contribution is -2.22. The van der Waals surface area contributed by atoms with Crippen molar-refractivity contribution in [3.63, 3.8) is 0 Å². The third-order valence-electron chi connectivity index (χ3n) is 2.72. The molecule has 0 radical (unpaired) electrons. The summed E-state index contributed by atoms with van der Waals surface area (Å²) in [6.07, 6.45) is 2.34. The van der Waals surface area contributed by atoms with E-state index in [1.54, 1.807) is 0 Å². The summed E-state index contributed by atoms with van der Waals surface area (Å²) >= 11 is 0. The van der Waals surface area contributed by atoms with Crippen molar-refractivity contribution in [2.75, 3.05) is 13.2 Å². The second-order valence-electron chi connectivity index (χ2n) is 3.99. The Hall–Kier alpha value is -1.06. The van der Waals surface area contributed by atoms with Gasteiger partial charge in [-0.05, 0) is 36.5 Å². The Bertz CT molecular complexity index is 338. The second kappa shape index (κ2) is 4.64. The van der Waals surface area contributed by atoms with Gasteiger partial charge in [0.1, 0.15) is 5.75 Å². The minimum Gasteiger partial charge on any atom is -0.493 e. The third kappa shape index (κ3) is 2.49. The molecule has 0 spiro atoms. The quantitative estimate of drug-likeness (QED) is 0.773. The standard InChI is InChI=1S/C12H17NO2/c13-8-11(14)7-9-3-4-12-10(6-9)2-1-5-15-12/h3-4,6,11,14H,1-2,5,7-8,13H2. The van der Waals surface area contributed by atoms with E-state index in [-0.39, 0.29) is 0 Å². The van der Waals surface area contributed by atoms with Crippen LogP contribution in [0, 0.1) is 0 Å². The molecule has 1 unspecified atom stereocenters. The van der Waals surface area contributed by atoms with Crippen LogP contribution >= 0.6 is 0 Å². The first-order chi connectivity index (χ1) is 7.29. The van der Waals surface area contributed by atoms with Gasteiger partial charge >= 0.3 is 0 Å². The van der Waals surface area contributed by atoms with Crippen LogP contribution in [0.1, 0.15) is 17.5 Å². The number of aliphatic hydroxyl groups excluding tert-OH is 1. The van der Waals surface area contributed by atoms with Gasteiger partial charge in [-0.3, -0.25) is 0 Å². The number of benzene rings is 1. The highest BCUT2D eigenvalue weighted by Gasteiger charge is 2.11. The summed E-state index contributed by atoms with van der Waals surface area (Å²) in [5.41, 5.74) is 7.77. The van der Waals surface area contributed by atoms with Crippen molar-refractivity contribution in [2.45, 2.75) is 25.4 Å². The van der Waals surface area contributed by atoms with Gasteiger partial charge in [-0.2, -0.15) is 0 Å². The van der Waals surface area contributed by atoms with E-state index in [4.69, 9.17) is 10.5 Å². The first kappa shape index (κ1) is 10.5. The molecule has 2 rings (SSSR count). The van der Waals surface area contributed by atoms with Crippen LogP contribution in [0.4, 0.5) is 0 Å². The molecule has 0 fully saturated rings. The Morgan fingerprint density at radius 2 is 2.33 bits per heavy atom. The van der Waals surface area contributed by atoms with E-state index in [2.05, 4.69) is 6.07 Å². The Morgan fingerprint density at radius 3 is 3.13 bits per heavy atom. The van der Waals surface area contributed by atoms with Gasteiger partial charge < -0.3 is 15.6 Å². The van der Waals surface area contributed by atoms with Gasteiger partial charge in [-0.25, -0.2) is 0 Å². The van der Waals surface area contributed by atoms with Crippen molar-refractivity contribution in [3.05, 3.63) is 29.3 Å². The number of fused-ring (bicyclic) bond motifs is 1. The van der Waals surface area contributed by atoms with Crippen LogP contribution in [0.3, 0.4) is 0 Å². The minimum atomic E-state index is -0.437. The molecule has 1 heterocycles. The molecule has 3 nitrogen and oxygen atoms in total. The predicted octanol–water partition coefficient (Wildman–Crippen LogP) is 0.874. The number of rotatable bonds is 3. The van der Waals surface area contributed by atoms with Gasteiger partial charge in [-0.15, -0.1) is 0 Å². The van der Waals surface area contributed by atoms with Crippen LogP contribution in [0.2, 0.25) is 0 Å². The van der Waals surface area contributed by atoms with Crippen molar-refractivity contribution in [2.24, 2.45) is 5.73 Å². The maximum absolute atomic E-state index is 9.46. The number of aryl methyl sites for hydroxylation is 1.